The highest BCUT2D eigenvalue weighted by Gasteiger charge is 2.27. The molecule has 1 aromatic carbocycles. The molecular weight excluding hydrogens is 304 g/mol. The summed E-state index contributed by atoms with van der Waals surface area (Å²) < 4.78 is 25.6. The van der Waals surface area contributed by atoms with Crippen LogP contribution in [0.4, 0.5) is 0 Å². The molecule has 6 heteroatoms. The van der Waals surface area contributed by atoms with Crippen molar-refractivity contribution in [3.63, 3.8) is 0 Å². The third-order valence-electron chi connectivity index (χ3n) is 2.89. The number of halogens is 1. The first-order valence-electron chi connectivity index (χ1n) is 5.41. The van der Waals surface area contributed by atoms with Gasteiger partial charge in [-0.05, 0) is 11.6 Å². The summed E-state index contributed by atoms with van der Waals surface area (Å²) in [4.78, 5) is 0. The lowest BCUT2D eigenvalue weighted by molar-refractivity contribution is 0.303. The van der Waals surface area contributed by atoms with Crippen LogP contribution >= 0.6 is 15.9 Å². The van der Waals surface area contributed by atoms with Gasteiger partial charge in [-0.2, -0.15) is 4.31 Å². The quantitative estimate of drug-likeness (QED) is 0.895. The molecule has 94 valence electrons. The lowest BCUT2D eigenvalue weighted by Crippen LogP contribution is -2.47. The zero-order valence-corrected chi connectivity index (χ0v) is 12.0. The maximum Gasteiger partial charge on any atom is 0.211 e. The molecule has 0 aromatic heterocycles. The molecule has 0 saturated carbocycles. The zero-order chi connectivity index (χ0) is 12.5. The van der Waals surface area contributed by atoms with E-state index in [0.29, 0.717) is 19.6 Å². The Bertz CT molecular complexity index is 504. The molecule has 1 fully saturated rings. The van der Waals surface area contributed by atoms with E-state index >= 15 is 0 Å². The first-order chi connectivity index (χ1) is 7.98. The molecule has 1 aromatic rings. The number of piperazine rings is 1. The molecule has 17 heavy (non-hydrogen) atoms. The van der Waals surface area contributed by atoms with Crippen LogP contribution in [0.25, 0.3) is 0 Å². The van der Waals surface area contributed by atoms with E-state index in [0.717, 1.165) is 10.0 Å². The van der Waals surface area contributed by atoms with E-state index in [1.807, 2.05) is 24.3 Å². The third-order valence-corrected chi connectivity index (χ3v) is 4.88. The minimum atomic E-state index is -3.10. The molecule has 0 radical (unpaired) electrons. The minimum absolute atomic E-state index is 0.0500. The monoisotopic (exact) mass is 318 g/mol. The second-order valence-corrected chi connectivity index (χ2v) is 6.99. The Labute approximate surface area is 110 Å². The number of nitrogens with zero attached hydrogens (tertiary/aromatic N) is 1. The Morgan fingerprint density at radius 2 is 2.12 bits per heavy atom. The standard InChI is InChI=1S/C11H15BrN2O2S/c1-17(15,16)14-7-6-13-11(8-14)9-4-2-3-5-10(9)12/h2-5,11,13H,6-8H2,1H3. The third kappa shape index (κ3) is 3.07. The van der Waals surface area contributed by atoms with E-state index in [1.165, 1.54) is 10.6 Å². The second kappa shape index (κ2) is 5.06. The molecule has 1 unspecified atom stereocenters. The van der Waals surface area contributed by atoms with Gasteiger partial charge in [0.25, 0.3) is 0 Å². The van der Waals surface area contributed by atoms with Gasteiger partial charge in [-0.25, -0.2) is 8.42 Å². The largest absolute Gasteiger partial charge is 0.307 e. The number of benzene rings is 1. The van der Waals surface area contributed by atoms with Crippen molar-refractivity contribution < 1.29 is 8.42 Å². The van der Waals surface area contributed by atoms with Crippen molar-refractivity contribution in [2.45, 2.75) is 6.04 Å². The summed E-state index contributed by atoms with van der Waals surface area (Å²) in [5, 5.41) is 3.34. The fourth-order valence-electron chi connectivity index (χ4n) is 1.99. The molecule has 0 spiro atoms. The van der Waals surface area contributed by atoms with Gasteiger partial charge in [-0.15, -0.1) is 0 Å². The van der Waals surface area contributed by atoms with Crippen molar-refractivity contribution in [3.05, 3.63) is 34.3 Å². The molecular formula is C11H15BrN2O2S. The van der Waals surface area contributed by atoms with E-state index < -0.39 is 10.0 Å². The van der Waals surface area contributed by atoms with Gasteiger partial charge in [-0.3, -0.25) is 0 Å². The van der Waals surface area contributed by atoms with Crippen molar-refractivity contribution >= 4 is 26.0 Å². The summed E-state index contributed by atoms with van der Waals surface area (Å²) in [5.41, 5.74) is 1.10. The van der Waals surface area contributed by atoms with E-state index in [4.69, 9.17) is 0 Å². The van der Waals surface area contributed by atoms with Crippen LogP contribution in [-0.4, -0.2) is 38.6 Å². The average molecular weight is 319 g/mol. The second-order valence-electron chi connectivity index (χ2n) is 4.15. The molecule has 1 aliphatic heterocycles. The summed E-state index contributed by atoms with van der Waals surface area (Å²) in [7, 11) is -3.10. The Hall–Kier alpha value is -0.430. The Kier molecular flexibility index (Phi) is 3.87. The van der Waals surface area contributed by atoms with Crippen LogP contribution in [0.1, 0.15) is 11.6 Å². The van der Waals surface area contributed by atoms with E-state index in [1.54, 1.807) is 0 Å². The van der Waals surface area contributed by atoms with Crippen LogP contribution in [-0.2, 0) is 10.0 Å². The zero-order valence-electron chi connectivity index (χ0n) is 9.56. The van der Waals surface area contributed by atoms with Gasteiger partial charge in [0.1, 0.15) is 0 Å². The smallest absolute Gasteiger partial charge is 0.211 e. The fourth-order valence-corrected chi connectivity index (χ4v) is 3.39. The summed E-state index contributed by atoms with van der Waals surface area (Å²) in [6.07, 6.45) is 1.26. The van der Waals surface area contributed by atoms with Crippen LogP contribution < -0.4 is 5.32 Å². The molecule has 0 aliphatic carbocycles. The number of nitrogens with one attached hydrogen (secondary N) is 1. The van der Waals surface area contributed by atoms with Crippen molar-refractivity contribution in [3.8, 4) is 0 Å². The number of sulfonamides is 1. The Morgan fingerprint density at radius 1 is 1.41 bits per heavy atom. The predicted molar refractivity (Wildman–Crippen MR) is 71.3 cm³/mol. The Morgan fingerprint density at radius 3 is 2.76 bits per heavy atom. The van der Waals surface area contributed by atoms with Gasteiger partial charge in [0.15, 0.2) is 0 Å². The molecule has 1 heterocycles. The lowest BCUT2D eigenvalue weighted by Gasteiger charge is -2.32. The van der Waals surface area contributed by atoms with Crippen molar-refractivity contribution in [2.24, 2.45) is 0 Å². The van der Waals surface area contributed by atoms with E-state index in [9.17, 15) is 8.42 Å². The molecule has 1 aliphatic rings. The van der Waals surface area contributed by atoms with Gasteiger partial charge in [0, 0.05) is 30.1 Å². The number of hydrogen-bond acceptors (Lipinski definition) is 3. The van der Waals surface area contributed by atoms with Crippen LogP contribution in [0.15, 0.2) is 28.7 Å². The molecule has 1 N–H and O–H groups in total. The topological polar surface area (TPSA) is 49.4 Å². The van der Waals surface area contributed by atoms with Crippen LogP contribution in [0.2, 0.25) is 0 Å². The maximum absolute atomic E-state index is 11.5. The summed E-state index contributed by atoms with van der Waals surface area (Å²) >= 11 is 3.49. The Balaban J connectivity index is 2.21. The van der Waals surface area contributed by atoms with Crippen molar-refractivity contribution in [2.75, 3.05) is 25.9 Å². The molecule has 0 bridgehead atoms. The van der Waals surface area contributed by atoms with E-state index in [-0.39, 0.29) is 6.04 Å². The lowest BCUT2D eigenvalue weighted by atomic mass is 10.1. The fraction of sp³-hybridized carbons (Fsp3) is 0.455. The highest BCUT2D eigenvalue weighted by Crippen LogP contribution is 2.25. The van der Waals surface area contributed by atoms with Crippen molar-refractivity contribution in [1.82, 2.24) is 9.62 Å². The van der Waals surface area contributed by atoms with Gasteiger partial charge in [0.2, 0.25) is 10.0 Å². The molecule has 1 saturated heterocycles. The van der Waals surface area contributed by atoms with Gasteiger partial charge < -0.3 is 5.32 Å². The summed E-state index contributed by atoms with van der Waals surface area (Å²) in [5.74, 6) is 0. The van der Waals surface area contributed by atoms with Gasteiger partial charge in [-0.1, -0.05) is 34.1 Å². The van der Waals surface area contributed by atoms with Crippen LogP contribution in [0, 0.1) is 0 Å². The van der Waals surface area contributed by atoms with Crippen LogP contribution in [0.5, 0.6) is 0 Å². The molecule has 1 atom stereocenters. The number of rotatable bonds is 2. The van der Waals surface area contributed by atoms with E-state index in [2.05, 4.69) is 21.2 Å². The highest BCUT2D eigenvalue weighted by molar-refractivity contribution is 9.10. The molecule has 2 rings (SSSR count). The highest BCUT2D eigenvalue weighted by atomic mass is 79.9. The van der Waals surface area contributed by atoms with Gasteiger partial charge in [0.05, 0.1) is 6.26 Å². The SMILES string of the molecule is CS(=O)(=O)N1CCNC(c2ccccc2Br)C1. The van der Waals surface area contributed by atoms with Crippen LogP contribution in [0.3, 0.4) is 0 Å². The molecule has 4 nitrogen and oxygen atoms in total. The summed E-state index contributed by atoms with van der Waals surface area (Å²) in [6.45, 7) is 1.71. The summed E-state index contributed by atoms with van der Waals surface area (Å²) in [6, 6.07) is 7.93. The van der Waals surface area contributed by atoms with Crippen molar-refractivity contribution in [1.29, 1.82) is 0 Å². The molecule has 0 amide bonds. The first-order valence-corrected chi connectivity index (χ1v) is 8.05. The minimum Gasteiger partial charge on any atom is -0.307 e. The average Bonchev–Trinajstić information content (AvgIpc) is 2.29. The number of hydrogen-bond donors (Lipinski definition) is 1. The first kappa shape index (κ1) is 13.0. The normalized spacial score (nSPS) is 22.6. The predicted octanol–water partition coefficient (Wildman–Crippen LogP) is 1.35. The van der Waals surface area contributed by atoms with Gasteiger partial charge >= 0.3 is 0 Å². The maximum atomic E-state index is 11.5.